The third kappa shape index (κ3) is 1.40. The first kappa shape index (κ1) is 10.8. The Balaban J connectivity index is 0.000000750. The van der Waals surface area contributed by atoms with Crippen molar-refractivity contribution >= 4 is 12.4 Å². The lowest BCUT2D eigenvalue weighted by Crippen LogP contribution is -2.62. The van der Waals surface area contributed by atoms with Crippen LogP contribution in [0.3, 0.4) is 0 Å². The van der Waals surface area contributed by atoms with Gasteiger partial charge in [0, 0.05) is 5.54 Å². The first-order valence-electron chi connectivity index (χ1n) is 5.70. The van der Waals surface area contributed by atoms with Crippen LogP contribution < -0.4 is 5.73 Å². The van der Waals surface area contributed by atoms with Crippen molar-refractivity contribution in [2.75, 3.05) is 0 Å². The van der Waals surface area contributed by atoms with E-state index in [1.165, 1.54) is 38.5 Å². The van der Waals surface area contributed by atoms with Crippen molar-refractivity contribution in [3.63, 3.8) is 0 Å². The molecule has 14 heavy (non-hydrogen) atoms. The molecule has 0 aromatic rings. The Kier molecular flexibility index (Phi) is 2.06. The summed E-state index contributed by atoms with van der Waals surface area (Å²) in [5.74, 6) is 0.955. The molecule has 4 aliphatic carbocycles. The Hall–Kier alpha value is 0.250. The Labute approximate surface area is 93.2 Å². The van der Waals surface area contributed by atoms with Gasteiger partial charge in [-0.15, -0.1) is 12.4 Å². The van der Waals surface area contributed by atoms with Gasteiger partial charge in [-0.1, -0.05) is 13.8 Å². The van der Waals surface area contributed by atoms with Crippen LogP contribution in [-0.2, 0) is 0 Å². The summed E-state index contributed by atoms with van der Waals surface area (Å²) in [6, 6.07) is 0. The van der Waals surface area contributed by atoms with Crippen molar-refractivity contribution in [3.8, 4) is 0 Å². The summed E-state index contributed by atoms with van der Waals surface area (Å²) in [5.41, 5.74) is 7.92. The van der Waals surface area contributed by atoms with Crippen LogP contribution in [0, 0.1) is 16.7 Å². The zero-order valence-corrected chi connectivity index (χ0v) is 10.1. The lowest BCUT2D eigenvalue weighted by Gasteiger charge is -2.64. The zero-order valence-electron chi connectivity index (χ0n) is 9.31. The van der Waals surface area contributed by atoms with E-state index >= 15 is 0 Å². The van der Waals surface area contributed by atoms with E-state index in [0.29, 0.717) is 10.8 Å². The number of hydrogen-bond donors (Lipinski definition) is 1. The van der Waals surface area contributed by atoms with E-state index in [4.69, 9.17) is 5.73 Å². The van der Waals surface area contributed by atoms with E-state index in [-0.39, 0.29) is 17.9 Å². The summed E-state index contributed by atoms with van der Waals surface area (Å²) < 4.78 is 0. The summed E-state index contributed by atoms with van der Waals surface area (Å²) in [6.45, 7) is 4.94. The lowest BCUT2D eigenvalue weighted by molar-refractivity contribution is -0.104. The molecule has 4 atom stereocenters. The van der Waals surface area contributed by atoms with Crippen LogP contribution in [0.1, 0.15) is 52.4 Å². The molecule has 4 rings (SSSR count). The quantitative estimate of drug-likeness (QED) is 0.660. The second kappa shape index (κ2) is 2.68. The number of nitrogens with two attached hydrogens (primary N) is 1. The maximum atomic E-state index is 6.49. The monoisotopic (exact) mass is 215 g/mol. The van der Waals surface area contributed by atoms with Gasteiger partial charge in [0.05, 0.1) is 0 Å². The highest BCUT2D eigenvalue weighted by atomic mass is 35.5. The SMILES string of the molecule is CC12CC3CC(N)(C1)C[C@@](C)(C3)C2.Cl. The molecule has 0 amide bonds. The molecule has 0 radical (unpaired) electrons. The van der Waals surface area contributed by atoms with Crippen LogP contribution in [0.5, 0.6) is 0 Å². The molecule has 4 aliphatic rings. The molecule has 1 nitrogen and oxygen atoms in total. The normalized spacial score (nSPS) is 59.8. The van der Waals surface area contributed by atoms with Gasteiger partial charge in [-0.05, 0) is 55.3 Å². The maximum Gasteiger partial charge on any atom is 0.0167 e. The molecule has 2 heteroatoms. The fourth-order valence-electron chi connectivity index (χ4n) is 5.54. The van der Waals surface area contributed by atoms with Crippen LogP contribution in [0.4, 0.5) is 0 Å². The second-order valence-electron chi connectivity index (χ2n) is 6.99. The Morgan fingerprint density at radius 2 is 1.43 bits per heavy atom. The fourth-order valence-corrected chi connectivity index (χ4v) is 5.54. The predicted octanol–water partition coefficient (Wildman–Crippen LogP) is 3.12. The van der Waals surface area contributed by atoms with Gasteiger partial charge in [-0.3, -0.25) is 0 Å². The topological polar surface area (TPSA) is 26.0 Å². The van der Waals surface area contributed by atoms with Gasteiger partial charge in [0.2, 0.25) is 0 Å². The third-order valence-electron chi connectivity index (χ3n) is 4.67. The Morgan fingerprint density at radius 3 is 1.79 bits per heavy atom. The number of halogens is 1. The highest BCUT2D eigenvalue weighted by Crippen LogP contribution is 2.65. The first-order chi connectivity index (χ1) is 5.91. The van der Waals surface area contributed by atoms with Crippen LogP contribution in [-0.4, -0.2) is 5.54 Å². The van der Waals surface area contributed by atoms with Gasteiger partial charge in [0.1, 0.15) is 0 Å². The van der Waals surface area contributed by atoms with Crippen molar-refractivity contribution in [1.29, 1.82) is 0 Å². The molecule has 0 aliphatic heterocycles. The molecule has 3 unspecified atom stereocenters. The minimum Gasteiger partial charge on any atom is -0.325 e. The Bertz CT molecular complexity index is 212. The molecule has 4 fully saturated rings. The molecule has 4 bridgehead atoms. The lowest BCUT2D eigenvalue weighted by atomic mass is 9.43. The maximum absolute atomic E-state index is 6.49. The summed E-state index contributed by atoms with van der Waals surface area (Å²) in [5, 5.41) is 0. The van der Waals surface area contributed by atoms with Crippen molar-refractivity contribution < 1.29 is 0 Å². The minimum atomic E-state index is 0. The average molecular weight is 216 g/mol. The minimum absolute atomic E-state index is 0. The van der Waals surface area contributed by atoms with E-state index in [1.54, 1.807) is 0 Å². The van der Waals surface area contributed by atoms with Gasteiger partial charge in [0.15, 0.2) is 0 Å². The smallest absolute Gasteiger partial charge is 0.0167 e. The standard InChI is InChI=1S/C12H21N.ClH/c1-10-3-9-4-11(2,6-10)8-12(13,5-9)7-10;/h9H,3-8,13H2,1-2H3;1H/t9?,10-,11?,12?;/m0./s1. The molecule has 2 N–H and O–H groups in total. The van der Waals surface area contributed by atoms with Gasteiger partial charge in [0.25, 0.3) is 0 Å². The fraction of sp³-hybridized carbons (Fsp3) is 1.00. The molecule has 0 aromatic carbocycles. The highest BCUT2D eigenvalue weighted by molar-refractivity contribution is 5.85. The summed E-state index contributed by atoms with van der Waals surface area (Å²) in [7, 11) is 0. The van der Waals surface area contributed by atoms with Gasteiger partial charge in [-0.2, -0.15) is 0 Å². The van der Waals surface area contributed by atoms with E-state index in [0.717, 1.165) is 5.92 Å². The summed E-state index contributed by atoms with van der Waals surface area (Å²) in [4.78, 5) is 0. The number of rotatable bonds is 0. The molecule has 0 saturated heterocycles. The van der Waals surface area contributed by atoms with Gasteiger partial charge < -0.3 is 5.73 Å². The van der Waals surface area contributed by atoms with Crippen molar-refractivity contribution in [2.45, 2.75) is 57.9 Å². The van der Waals surface area contributed by atoms with Crippen LogP contribution >= 0.6 is 12.4 Å². The van der Waals surface area contributed by atoms with Gasteiger partial charge in [-0.25, -0.2) is 0 Å². The van der Waals surface area contributed by atoms with Crippen LogP contribution in [0.2, 0.25) is 0 Å². The molecule has 0 aromatic heterocycles. The van der Waals surface area contributed by atoms with E-state index in [2.05, 4.69) is 13.8 Å². The predicted molar refractivity (Wildman–Crippen MR) is 61.6 cm³/mol. The largest absolute Gasteiger partial charge is 0.325 e. The van der Waals surface area contributed by atoms with E-state index < -0.39 is 0 Å². The van der Waals surface area contributed by atoms with Crippen LogP contribution in [0.25, 0.3) is 0 Å². The van der Waals surface area contributed by atoms with E-state index in [9.17, 15) is 0 Å². The van der Waals surface area contributed by atoms with Crippen molar-refractivity contribution in [1.82, 2.24) is 0 Å². The van der Waals surface area contributed by atoms with Crippen molar-refractivity contribution in [3.05, 3.63) is 0 Å². The van der Waals surface area contributed by atoms with Crippen molar-refractivity contribution in [2.24, 2.45) is 22.5 Å². The molecular weight excluding hydrogens is 194 g/mol. The molecular formula is C12H22ClN. The average Bonchev–Trinajstić information content (AvgIpc) is 1.71. The zero-order chi connectivity index (χ0) is 9.32. The first-order valence-corrected chi connectivity index (χ1v) is 5.70. The number of hydrogen-bond acceptors (Lipinski definition) is 1. The summed E-state index contributed by atoms with van der Waals surface area (Å²) in [6.07, 6.45) is 8.27. The third-order valence-corrected chi connectivity index (χ3v) is 4.67. The molecule has 82 valence electrons. The second-order valence-corrected chi connectivity index (χ2v) is 6.99. The Morgan fingerprint density at radius 1 is 0.929 bits per heavy atom. The molecule has 4 saturated carbocycles. The molecule has 0 spiro atoms. The van der Waals surface area contributed by atoms with E-state index in [1.807, 2.05) is 0 Å². The highest BCUT2D eigenvalue weighted by Gasteiger charge is 2.58. The summed E-state index contributed by atoms with van der Waals surface area (Å²) >= 11 is 0. The van der Waals surface area contributed by atoms with Gasteiger partial charge >= 0.3 is 0 Å². The molecule has 0 heterocycles. The van der Waals surface area contributed by atoms with Crippen LogP contribution in [0.15, 0.2) is 0 Å².